The molecule has 0 radical (unpaired) electrons. The van der Waals surface area contributed by atoms with Crippen LogP contribution in [-0.4, -0.2) is 13.4 Å². The van der Waals surface area contributed by atoms with Crippen LogP contribution in [0, 0.1) is 0 Å². The Morgan fingerprint density at radius 2 is 1.48 bits per heavy atom. The lowest BCUT2D eigenvalue weighted by atomic mass is 10.2. The maximum atomic E-state index is 13.2. The van der Waals surface area contributed by atoms with Gasteiger partial charge in [-0.25, -0.2) is 8.42 Å². The molecule has 4 aromatic rings. The summed E-state index contributed by atoms with van der Waals surface area (Å²) in [5.74, 6) is 0.805. The molecule has 0 N–H and O–H groups in total. The van der Waals surface area contributed by atoms with E-state index >= 15 is 0 Å². The van der Waals surface area contributed by atoms with E-state index in [1.807, 2.05) is 30.3 Å². The first kappa shape index (κ1) is 19.8. The highest BCUT2D eigenvalue weighted by Gasteiger charge is 2.28. The standard InChI is InChI=1S/C22H16ClNO3S2/c23-18-13-11-17(12-14-18)20-24-21(29(25,26)19-9-5-2-6-10-19)22(27-20)28-15-16-7-3-1-4-8-16/h1-14H,15H2. The van der Waals surface area contributed by atoms with Crippen LogP contribution in [0.25, 0.3) is 11.5 Å². The predicted octanol–water partition coefficient (Wildman–Crippen LogP) is 6.12. The fourth-order valence-electron chi connectivity index (χ4n) is 2.70. The molecule has 0 aliphatic rings. The van der Waals surface area contributed by atoms with Gasteiger partial charge in [-0.3, -0.25) is 0 Å². The first-order valence-corrected chi connectivity index (χ1v) is 11.6. The van der Waals surface area contributed by atoms with Gasteiger partial charge in [0.1, 0.15) is 0 Å². The van der Waals surface area contributed by atoms with Crippen LogP contribution in [0.3, 0.4) is 0 Å². The van der Waals surface area contributed by atoms with Crippen molar-refractivity contribution in [2.75, 3.05) is 0 Å². The van der Waals surface area contributed by atoms with E-state index in [-0.39, 0.29) is 20.9 Å². The molecule has 3 aromatic carbocycles. The fourth-order valence-corrected chi connectivity index (χ4v) is 5.34. The van der Waals surface area contributed by atoms with Gasteiger partial charge in [0.25, 0.3) is 0 Å². The summed E-state index contributed by atoms with van der Waals surface area (Å²) in [6, 6.07) is 24.9. The smallest absolute Gasteiger partial charge is 0.228 e. The number of rotatable bonds is 6. The van der Waals surface area contributed by atoms with Gasteiger partial charge in [0, 0.05) is 16.3 Å². The second kappa shape index (κ2) is 8.45. The zero-order valence-electron chi connectivity index (χ0n) is 15.2. The number of hydrogen-bond donors (Lipinski definition) is 0. The molecule has 4 nitrogen and oxygen atoms in total. The highest BCUT2D eigenvalue weighted by atomic mass is 35.5. The zero-order chi connectivity index (χ0) is 20.3. The van der Waals surface area contributed by atoms with Crippen molar-refractivity contribution in [3.63, 3.8) is 0 Å². The highest BCUT2D eigenvalue weighted by Crippen LogP contribution is 2.36. The van der Waals surface area contributed by atoms with Crippen LogP contribution in [0.4, 0.5) is 0 Å². The van der Waals surface area contributed by atoms with Gasteiger partial charge >= 0.3 is 0 Å². The summed E-state index contributed by atoms with van der Waals surface area (Å²) >= 11 is 7.26. The maximum absolute atomic E-state index is 13.2. The Kier molecular flexibility index (Phi) is 5.76. The van der Waals surface area contributed by atoms with Gasteiger partial charge < -0.3 is 4.42 Å². The van der Waals surface area contributed by atoms with Crippen molar-refractivity contribution in [1.82, 2.24) is 4.98 Å². The summed E-state index contributed by atoms with van der Waals surface area (Å²) in [5.41, 5.74) is 1.72. The largest absolute Gasteiger partial charge is 0.428 e. The Bertz CT molecular complexity index is 1210. The van der Waals surface area contributed by atoms with Gasteiger partial charge in [0.15, 0.2) is 0 Å². The summed E-state index contributed by atoms with van der Waals surface area (Å²) < 4.78 is 32.3. The monoisotopic (exact) mass is 441 g/mol. The number of nitrogens with zero attached hydrogens (tertiary/aromatic N) is 1. The number of thioether (sulfide) groups is 1. The molecule has 0 spiro atoms. The third-order valence-electron chi connectivity index (χ3n) is 4.18. The van der Waals surface area contributed by atoms with Crippen LogP contribution < -0.4 is 0 Å². The summed E-state index contributed by atoms with van der Waals surface area (Å²) in [4.78, 5) is 4.53. The summed E-state index contributed by atoms with van der Waals surface area (Å²) in [5, 5.41) is 0.772. The molecule has 7 heteroatoms. The lowest BCUT2D eigenvalue weighted by Crippen LogP contribution is -2.03. The minimum absolute atomic E-state index is 0.0745. The third-order valence-corrected chi connectivity index (χ3v) is 7.26. The fraction of sp³-hybridized carbons (Fsp3) is 0.0455. The molecule has 0 unspecified atom stereocenters. The summed E-state index contributed by atoms with van der Waals surface area (Å²) in [7, 11) is -3.82. The Morgan fingerprint density at radius 1 is 0.862 bits per heavy atom. The summed E-state index contributed by atoms with van der Waals surface area (Å²) in [6.07, 6.45) is 0. The first-order chi connectivity index (χ1) is 14.0. The average molecular weight is 442 g/mol. The molecule has 0 fully saturated rings. The van der Waals surface area contributed by atoms with Crippen molar-refractivity contribution >= 4 is 33.2 Å². The van der Waals surface area contributed by atoms with Crippen LogP contribution in [0.2, 0.25) is 5.02 Å². The van der Waals surface area contributed by atoms with Crippen molar-refractivity contribution in [2.45, 2.75) is 20.8 Å². The van der Waals surface area contributed by atoms with Crippen molar-refractivity contribution in [2.24, 2.45) is 0 Å². The first-order valence-electron chi connectivity index (χ1n) is 8.78. The number of sulfone groups is 1. The van der Waals surface area contributed by atoms with Gasteiger partial charge in [0.05, 0.1) is 4.90 Å². The van der Waals surface area contributed by atoms with E-state index in [0.29, 0.717) is 16.3 Å². The Labute approximate surface area is 178 Å². The Hall–Kier alpha value is -2.54. The molecule has 0 saturated heterocycles. The van der Waals surface area contributed by atoms with Gasteiger partial charge in [-0.05, 0) is 42.0 Å². The van der Waals surface area contributed by atoms with E-state index in [0.717, 1.165) is 5.56 Å². The molecule has 4 rings (SSSR count). The number of halogens is 1. The van der Waals surface area contributed by atoms with Crippen LogP contribution in [0.15, 0.2) is 104 Å². The van der Waals surface area contributed by atoms with Gasteiger partial charge in [-0.1, -0.05) is 71.9 Å². The SMILES string of the molecule is O=S(=O)(c1ccccc1)c1nc(-c2ccc(Cl)cc2)oc1SCc1ccccc1. The van der Waals surface area contributed by atoms with Gasteiger partial charge in [-0.15, -0.1) is 0 Å². The third kappa shape index (κ3) is 4.40. The predicted molar refractivity (Wildman–Crippen MR) is 115 cm³/mol. The molecule has 29 heavy (non-hydrogen) atoms. The lowest BCUT2D eigenvalue weighted by molar-refractivity contribution is 0.470. The second-order valence-corrected chi connectivity index (χ2v) is 9.46. The van der Waals surface area contributed by atoms with Crippen LogP contribution in [0.1, 0.15) is 5.56 Å². The molecule has 0 bridgehead atoms. The number of oxazole rings is 1. The molecule has 1 aromatic heterocycles. The number of aromatic nitrogens is 1. The molecule has 0 aliphatic carbocycles. The zero-order valence-corrected chi connectivity index (χ0v) is 17.5. The lowest BCUT2D eigenvalue weighted by Gasteiger charge is -2.03. The second-order valence-electron chi connectivity index (χ2n) is 6.21. The normalized spacial score (nSPS) is 11.5. The van der Waals surface area contributed by atoms with E-state index < -0.39 is 9.84 Å². The van der Waals surface area contributed by atoms with Crippen molar-refractivity contribution in [3.05, 3.63) is 95.5 Å². The molecular formula is C22H16ClNO3S2. The van der Waals surface area contributed by atoms with Crippen LogP contribution in [0.5, 0.6) is 0 Å². The van der Waals surface area contributed by atoms with E-state index in [9.17, 15) is 8.42 Å². The molecule has 0 atom stereocenters. The highest BCUT2D eigenvalue weighted by molar-refractivity contribution is 7.99. The molecule has 1 heterocycles. The maximum Gasteiger partial charge on any atom is 0.228 e. The van der Waals surface area contributed by atoms with Crippen LogP contribution in [-0.2, 0) is 15.6 Å². The summed E-state index contributed by atoms with van der Waals surface area (Å²) in [6.45, 7) is 0. The molecular weight excluding hydrogens is 426 g/mol. The van der Waals surface area contributed by atoms with Crippen molar-refractivity contribution in [1.29, 1.82) is 0 Å². The Morgan fingerprint density at radius 3 is 2.14 bits per heavy atom. The average Bonchev–Trinajstić information content (AvgIpc) is 3.19. The van der Waals surface area contributed by atoms with Crippen molar-refractivity contribution < 1.29 is 12.8 Å². The number of benzene rings is 3. The van der Waals surface area contributed by atoms with E-state index in [1.54, 1.807) is 54.6 Å². The topological polar surface area (TPSA) is 60.2 Å². The van der Waals surface area contributed by atoms with E-state index in [4.69, 9.17) is 16.0 Å². The Balaban J connectivity index is 1.76. The minimum Gasteiger partial charge on any atom is -0.428 e. The van der Waals surface area contributed by atoms with Gasteiger partial charge in [-0.2, -0.15) is 4.98 Å². The van der Waals surface area contributed by atoms with E-state index in [1.165, 1.54) is 11.8 Å². The van der Waals surface area contributed by atoms with Gasteiger partial charge in [0.2, 0.25) is 25.8 Å². The van der Waals surface area contributed by atoms with Crippen LogP contribution >= 0.6 is 23.4 Å². The molecule has 0 amide bonds. The quantitative estimate of drug-likeness (QED) is 0.337. The molecule has 0 saturated carbocycles. The number of hydrogen-bond acceptors (Lipinski definition) is 5. The molecule has 146 valence electrons. The van der Waals surface area contributed by atoms with E-state index in [2.05, 4.69) is 4.98 Å². The minimum atomic E-state index is -3.82. The molecule has 0 aliphatic heterocycles. The van der Waals surface area contributed by atoms with Crippen molar-refractivity contribution in [3.8, 4) is 11.5 Å².